The van der Waals surface area contributed by atoms with Gasteiger partial charge in [0.15, 0.2) is 0 Å². The third-order valence-electron chi connectivity index (χ3n) is 3.31. The van der Waals surface area contributed by atoms with E-state index in [-0.39, 0.29) is 0 Å². The van der Waals surface area contributed by atoms with Crippen LogP contribution in [0.2, 0.25) is 5.15 Å². The predicted molar refractivity (Wildman–Crippen MR) is 69.9 cm³/mol. The Labute approximate surface area is 108 Å². The van der Waals surface area contributed by atoms with Crippen molar-refractivity contribution in [2.75, 3.05) is 6.61 Å². The molecule has 1 aromatic rings. The highest BCUT2D eigenvalue weighted by atomic mass is 35.5. The minimum atomic E-state index is 0.528. The van der Waals surface area contributed by atoms with Gasteiger partial charge in [0, 0.05) is 6.20 Å². The van der Waals surface area contributed by atoms with E-state index in [1.165, 1.54) is 6.42 Å². The molecule has 0 fully saturated rings. The molecule has 92 valence electrons. The Morgan fingerprint density at radius 2 is 2.24 bits per heavy atom. The first-order chi connectivity index (χ1) is 8.25. The summed E-state index contributed by atoms with van der Waals surface area (Å²) in [6.45, 7) is 3.74. The number of allylic oxidation sites excluding steroid dienone is 2. The molecule has 1 aliphatic carbocycles. The van der Waals surface area contributed by atoms with Crippen molar-refractivity contribution < 1.29 is 4.74 Å². The Kier molecular flexibility index (Phi) is 4.57. The van der Waals surface area contributed by atoms with Gasteiger partial charge in [0.1, 0.15) is 5.15 Å². The van der Waals surface area contributed by atoms with Crippen molar-refractivity contribution in [1.29, 1.82) is 0 Å². The van der Waals surface area contributed by atoms with Crippen LogP contribution in [0.3, 0.4) is 0 Å². The standard InChI is InChI=1S/C14H18ClNO/c1-11-4-2-3-5-13(11)10-17-9-12-6-7-16-14(15)8-12/h2-3,6-8,11,13H,4-5,9-10H2,1H3. The lowest BCUT2D eigenvalue weighted by molar-refractivity contribution is 0.0680. The molecule has 0 aliphatic heterocycles. The van der Waals surface area contributed by atoms with Crippen LogP contribution in [0, 0.1) is 11.8 Å². The molecular weight excluding hydrogens is 234 g/mol. The fourth-order valence-corrected chi connectivity index (χ4v) is 2.30. The molecule has 2 rings (SSSR count). The second-order valence-electron chi connectivity index (χ2n) is 4.68. The number of halogens is 1. The summed E-state index contributed by atoms with van der Waals surface area (Å²) in [4.78, 5) is 3.95. The number of rotatable bonds is 4. The summed E-state index contributed by atoms with van der Waals surface area (Å²) in [6, 6.07) is 3.79. The largest absolute Gasteiger partial charge is 0.376 e. The number of ether oxygens (including phenoxy) is 1. The molecule has 0 bridgehead atoms. The average Bonchev–Trinajstić information content (AvgIpc) is 2.32. The maximum absolute atomic E-state index is 5.82. The third-order valence-corrected chi connectivity index (χ3v) is 3.52. The summed E-state index contributed by atoms with van der Waals surface area (Å²) in [7, 11) is 0. The van der Waals surface area contributed by atoms with Crippen LogP contribution in [0.15, 0.2) is 30.5 Å². The van der Waals surface area contributed by atoms with Gasteiger partial charge in [-0.25, -0.2) is 4.98 Å². The topological polar surface area (TPSA) is 22.1 Å². The van der Waals surface area contributed by atoms with Crippen LogP contribution >= 0.6 is 11.6 Å². The van der Waals surface area contributed by atoms with E-state index in [0.29, 0.717) is 17.7 Å². The Morgan fingerprint density at radius 3 is 3.00 bits per heavy atom. The highest BCUT2D eigenvalue weighted by Crippen LogP contribution is 2.25. The SMILES string of the molecule is CC1CC=CCC1COCc1ccnc(Cl)c1. The molecule has 0 aromatic carbocycles. The molecule has 0 radical (unpaired) electrons. The first kappa shape index (κ1) is 12.6. The molecular formula is C14H18ClNO. The first-order valence-electron chi connectivity index (χ1n) is 6.09. The van der Waals surface area contributed by atoms with Crippen LogP contribution in [0.1, 0.15) is 25.3 Å². The van der Waals surface area contributed by atoms with Crippen molar-refractivity contribution in [3.05, 3.63) is 41.2 Å². The van der Waals surface area contributed by atoms with E-state index in [9.17, 15) is 0 Å². The zero-order chi connectivity index (χ0) is 12.1. The van der Waals surface area contributed by atoms with Crippen molar-refractivity contribution in [2.45, 2.75) is 26.4 Å². The smallest absolute Gasteiger partial charge is 0.129 e. The average molecular weight is 252 g/mol. The lowest BCUT2D eigenvalue weighted by atomic mass is 9.85. The monoisotopic (exact) mass is 251 g/mol. The Hall–Kier alpha value is -0.860. The van der Waals surface area contributed by atoms with Gasteiger partial charge >= 0.3 is 0 Å². The van der Waals surface area contributed by atoms with E-state index in [2.05, 4.69) is 24.1 Å². The van der Waals surface area contributed by atoms with Gasteiger partial charge in [-0.1, -0.05) is 30.7 Å². The van der Waals surface area contributed by atoms with Crippen LogP contribution in [-0.4, -0.2) is 11.6 Å². The molecule has 2 unspecified atom stereocenters. The van der Waals surface area contributed by atoms with Gasteiger partial charge in [0.05, 0.1) is 13.2 Å². The second-order valence-corrected chi connectivity index (χ2v) is 5.07. The van der Waals surface area contributed by atoms with E-state index < -0.39 is 0 Å². The lowest BCUT2D eigenvalue weighted by Gasteiger charge is -2.24. The highest BCUT2D eigenvalue weighted by Gasteiger charge is 2.18. The van der Waals surface area contributed by atoms with Gasteiger partial charge in [-0.15, -0.1) is 0 Å². The van der Waals surface area contributed by atoms with E-state index in [4.69, 9.17) is 16.3 Å². The number of hydrogen-bond acceptors (Lipinski definition) is 2. The Morgan fingerprint density at radius 1 is 1.41 bits per heavy atom. The molecule has 1 aromatic heterocycles. The molecule has 17 heavy (non-hydrogen) atoms. The fourth-order valence-electron chi connectivity index (χ4n) is 2.10. The molecule has 0 saturated heterocycles. The lowest BCUT2D eigenvalue weighted by Crippen LogP contribution is -2.19. The molecule has 2 atom stereocenters. The number of hydrogen-bond donors (Lipinski definition) is 0. The maximum Gasteiger partial charge on any atom is 0.129 e. The summed E-state index contributed by atoms with van der Waals surface area (Å²) in [5, 5.41) is 0.528. The highest BCUT2D eigenvalue weighted by molar-refractivity contribution is 6.29. The minimum absolute atomic E-state index is 0.528. The van der Waals surface area contributed by atoms with Crippen LogP contribution < -0.4 is 0 Å². The van der Waals surface area contributed by atoms with Gasteiger partial charge in [-0.05, 0) is 42.4 Å². The normalized spacial score (nSPS) is 23.9. The Bertz CT molecular complexity index is 392. The fraction of sp³-hybridized carbons (Fsp3) is 0.500. The molecule has 1 aliphatic rings. The zero-order valence-electron chi connectivity index (χ0n) is 10.1. The van der Waals surface area contributed by atoms with Crippen molar-refractivity contribution in [2.24, 2.45) is 11.8 Å². The van der Waals surface area contributed by atoms with Crippen LogP contribution in [0.4, 0.5) is 0 Å². The quantitative estimate of drug-likeness (QED) is 0.599. The summed E-state index contributed by atoms with van der Waals surface area (Å²) in [5.41, 5.74) is 1.09. The van der Waals surface area contributed by atoms with Gasteiger partial charge in [0.2, 0.25) is 0 Å². The summed E-state index contributed by atoms with van der Waals surface area (Å²) in [5.74, 6) is 1.37. The van der Waals surface area contributed by atoms with Gasteiger partial charge in [-0.2, -0.15) is 0 Å². The van der Waals surface area contributed by atoms with E-state index >= 15 is 0 Å². The van der Waals surface area contributed by atoms with Gasteiger partial charge in [-0.3, -0.25) is 0 Å². The van der Waals surface area contributed by atoms with Gasteiger partial charge in [0.25, 0.3) is 0 Å². The van der Waals surface area contributed by atoms with Crippen molar-refractivity contribution >= 4 is 11.6 Å². The zero-order valence-corrected chi connectivity index (χ0v) is 10.9. The van der Waals surface area contributed by atoms with E-state index in [1.807, 2.05) is 12.1 Å². The van der Waals surface area contributed by atoms with Gasteiger partial charge < -0.3 is 4.74 Å². The minimum Gasteiger partial charge on any atom is -0.376 e. The summed E-state index contributed by atoms with van der Waals surface area (Å²) in [6.07, 6.45) is 8.56. The van der Waals surface area contributed by atoms with E-state index in [1.54, 1.807) is 6.20 Å². The number of aromatic nitrogens is 1. The number of nitrogens with zero attached hydrogens (tertiary/aromatic N) is 1. The third kappa shape index (κ3) is 3.83. The second kappa shape index (κ2) is 6.18. The van der Waals surface area contributed by atoms with Crippen molar-refractivity contribution in [3.63, 3.8) is 0 Å². The van der Waals surface area contributed by atoms with Crippen molar-refractivity contribution in [1.82, 2.24) is 4.98 Å². The van der Waals surface area contributed by atoms with Crippen molar-refractivity contribution in [3.8, 4) is 0 Å². The molecule has 0 N–H and O–H groups in total. The summed E-state index contributed by atoms with van der Waals surface area (Å²) < 4.78 is 5.76. The molecule has 3 heteroatoms. The van der Waals surface area contributed by atoms with Crippen LogP contribution in [-0.2, 0) is 11.3 Å². The van der Waals surface area contributed by atoms with E-state index in [0.717, 1.165) is 24.5 Å². The predicted octanol–water partition coefficient (Wildman–Crippen LogP) is 3.85. The molecule has 0 spiro atoms. The first-order valence-corrected chi connectivity index (χ1v) is 6.46. The van der Waals surface area contributed by atoms with Crippen LogP contribution in [0.5, 0.6) is 0 Å². The molecule has 0 amide bonds. The molecule has 1 heterocycles. The van der Waals surface area contributed by atoms with Crippen LogP contribution in [0.25, 0.3) is 0 Å². The molecule has 0 saturated carbocycles. The Balaban J connectivity index is 1.77. The molecule has 2 nitrogen and oxygen atoms in total. The summed E-state index contributed by atoms with van der Waals surface area (Å²) >= 11 is 5.82. The number of pyridine rings is 1. The maximum atomic E-state index is 5.82.